The largest absolute Gasteiger partial charge is 0.497 e. The Morgan fingerprint density at radius 3 is 2.67 bits per heavy atom. The number of amides is 1. The molecule has 1 aromatic carbocycles. The standard InChI is InChI=1S/C21H26N4O2/c1-14-13-24(16-6-8-17(27-2)9-7-16)10-11-25(14)21-18(20(22)26)12-15-4-3-5-19(15)23-21/h6-9,12,14H,3-5,10-11,13H2,1-2H3,(H2,22,26). The van der Waals surface area contributed by atoms with E-state index in [0.717, 1.165) is 56.2 Å². The second-order valence-corrected chi connectivity index (χ2v) is 7.37. The molecule has 0 radical (unpaired) electrons. The first kappa shape index (κ1) is 17.6. The highest BCUT2D eigenvalue weighted by atomic mass is 16.5. The van der Waals surface area contributed by atoms with Crippen LogP contribution in [0.2, 0.25) is 0 Å². The molecule has 1 saturated heterocycles. The molecule has 1 amide bonds. The first-order valence-corrected chi connectivity index (χ1v) is 9.55. The van der Waals surface area contributed by atoms with E-state index in [2.05, 4.69) is 28.9 Å². The van der Waals surface area contributed by atoms with Crippen LogP contribution in [-0.4, -0.2) is 43.7 Å². The second kappa shape index (κ2) is 7.10. The van der Waals surface area contributed by atoms with Crippen molar-refractivity contribution >= 4 is 17.4 Å². The number of anilines is 2. The number of carbonyl (C=O) groups excluding carboxylic acids is 1. The number of hydrogen-bond donors (Lipinski definition) is 1. The zero-order valence-electron chi connectivity index (χ0n) is 15.9. The van der Waals surface area contributed by atoms with Crippen molar-refractivity contribution in [2.45, 2.75) is 32.2 Å². The topological polar surface area (TPSA) is 71.7 Å². The molecule has 0 bridgehead atoms. The summed E-state index contributed by atoms with van der Waals surface area (Å²) >= 11 is 0. The van der Waals surface area contributed by atoms with Gasteiger partial charge in [0.1, 0.15) is 11.6 Å². The minimum Gasteiger partial charge on any atom is -0.497 e. The summed E-state index contributed by atoms with van der Waals surface area (Å²) in [5, 5.41) is 0. The number of aryl methyl sites for hydroxylation is 2. The maximum atomic E-state index is 12.1. The number of carbonyl (C=O) groups is 1. The lowest BCUT2D eigenvalue weighted by Gasteiger charge is -2.42. The first-order chi connectivity index (χ1) is 13.1. The second-order valence-electron chi connectivity index (χ2n) is 7.37. The molecule has 2 aromatic rings. The molecule has 6 heteroatoms. The van der Waals surface area contributed by atoms with E-state index in [0.29, 0.717) is 5.56 Å². The lowest BCUT2D eigenvalue weighted by atomic mass is 10.1. The molecule has 1 aliphatic heterocycles. The van der Waals surface area contributed by atoms with E-state index < -0.39 is 5.91 Å². The Bertz CT molecular complexity index is 850. The van der Waals surface area contributed by atoms with Gasteiger partial charge in [0.05, 0.1) is 12.7 Å². The van der Waals surface area contributed by atoms with Crippen LogP contribution in [0.5, 0.6) is 5.75 Å². The van der Waals surface area contributed by atoms with Crippen molar-refractivity contribution in [2.75, 3.05) is 36.5 Å². The number of rotatable bonds is 4. The summed E-state index contributed by atoms with van der Waals surface area (Å²) < 4.78 is 5.25. The lowest BCUT2D eigenvalue weighted by Crippen LogP contribution is -2.53. The van der Waals surface area contributed by atoms with Gasteiger partial charge in [-0.3, -0.25) is 4.79 Å². The molecule has 6 nitrogen and oxygen atoms in total. The van der Waals surface area contributed by atoms with Gasteiger partial charge in [0.2, 0.25) is 0 Å². The maximum absolute atomic E-state index is 12.1. The highest BCUT2D eigenvalue weighted by Crippen LogP contribution is 2.30. The van der Waals surface area contributed by atoms with Crippen LogP contribution in [0.1, 0.15) is 35.0 Å². The van der Waals surface area contributed by atoms with Crippen molar-refractivity contribution < 1.29 is 9.53 Å². The average Bonchev–Trinajstić information content (AvgIpc) is 3.14. The summed E-state index contributed by atoms with van der Waals surface area (Å²) in [6.07, 6.45) is 3.08. The molecule has 2 N–H and O–H groups in total. The van der Waals surface area contributed by atoms with Gasteiger partial charge in [0, 0.05) is 37.1 Å². The zero-order chi connectivity index (χ0) is 19.0. The van der Waals surface area contributed by atoms with Gasteiger partial charge in [0.25, 0.3) is 5.91 Å². The minimum absolute atomic E-state index is 0.228. The normalized spacial score (nSPS) is 19.1. The number of nitrogens with zero attached hydrogens (tertiary/aromatic N) is 3. The van der Waals surface area contributed by atoms with Gasteiger partial charge in [-0.05, 0) is 62.1 Å². The molecule has 4 rings (SSSR count). The predicted octanol–water partition coefficient (Wildman–Crippen LogP) is 2.39. The fraction of sp³-hybridized carbons (Fsp3) is 0.429. The van der Waals surface area contributed by atoms with Gasteiger partial charge < -0.3 is 20.3 Å². The van der Waals surface area contributed by atoms with Crippen molar-refractivity contribution in [3.05, 3.63) is 47.2 Å². The molecule has 1 aliphatic carbocycles. The van der Waals surface area contributed by atoms with Crippen LogP contribution in [0.3, 0.4) is 0 Å². The SMILES string of the molecule is COc1ccc(N2CCN(c3nc4c(cc3C(N)=O)CCC4)C(C)C2)cc1. The fourth-order valence-corrected chi connectivity index (χ4v) is 4.16. The molecule has 2 heterocycles. The van der Waals surface area contributed by atoms with E-state index in [1.807, 2.05) is 18.2 Å². The van der Waals surface area contributed by atoms with Gasteiger partial charge >= 0.3 is 0 Å². The van der Waals surface area contributed by atoms with E-state index in [1.165, 1.54) is 11.3 Å². The van der Waals surface area contributed by atoms with Crippen LogP contribution >= 0.6 is 0 Å². The molecule has 27 heavy (non-hydrogen) atoms. The Labute approximate surface area is 159 Å². The molecule has 1 unspecified atom stereocenters. The molecule has 1 atom stereocenters. The summed E-state index contributed by atoms with van der Waals surface area (Å²) in [5.41, 5.74) is 9.72. The van der Waals surface area contributed by atoms with Crippen molar-refractivity contribution in [3.63, 3.8) is 0 Å². The number of piperazine rings is 1. The van der Waals surface area contributed by atoms with E-state index in [4.69, 9.17) is 15.5 Å². The average molecular weight is 366 g/mol. The van der Waals surface area contributed by atoms with Crippen molar-refractivity contribution in [2.24, 2.45) is 5.73 Å². The molecule has 1 aromatic heterocycles. The number of fused-ring (bicyclic) bond motifs is 1. The highest BCUT2D eigenvalue weighted by molar-refractivity contribution is 5.98. The van der Waals surface area contributed by atoms with E-state index in [9.17, 15) is 4.79 Å². The monoisotopic (exact) mass is 366 g/mol. The number of nitrogens with two attached hydrogens (primary N) is 1. The van der Waals surface area contributed by atoms with Crippen molar-refractivity contribution in [1.29, 1.82) is 0 Å². The van der Waals surface area contributed by atoms with Gasteiger partial charge in [-0.15, -0.1) is 0 Å². The Hall–Kier alpha value is -2.76. The first-order valence-electron chi connectivity index (χ1n) is 9.55. The quantitative estimate of drug-likeness (QED) is 0.900. The summed E-state index contributed by atoms with van der Waals surface area (Å²) in [4.78, 5) is 21.5. The van der Waals surface area contributed by atoms with Gasteiger partial charge in [-0.1, -0.05) is 0 Å². The zero-order valence-corrected chi connectivity index (χ0v) is 15.9. The predicted molar refractivity (Wildman–Crippen MR) is 107 cm³/mol. The van der Waals surface area contributed by atoms with Crippen LogP contribution in [0.4, 0.5) is 11.5 Å². The number of pyridine rings is 1. The Morgan fingerprint density at radius 2 is 2.00 bits per heavy atom. The van der Waals surface area contributed by atoms with Crippen LogP contribution in [0, 0.1) is 0 Å². The number of methoxy groups -OCH3 is 1. The lowest BCUT2D eigenvalue weighted by molar-refractivity contribution is 0.1000. The van der Waals surface area contributed by atoms with Crippen LogP contribution in [-0.2, 0) is 12.8 Å². The third kappa shape index (κ3) is 3.31. The van der Waals surface area contributed by atoms with Gasteiger partial charge in [-0.2, -0.15) is 0 Å². The number of aromatic nitrogens is 1. The maximum Gasteiger partial charge on any atom is 0.252 e. The van der Waals surface area contributed by atoms with E-state index >= 15 is 0 Å². The van der Waals surface area contributed by atoms with E-state index in [-0.39, 0.29) is 6.04 Å². The van der Waals surface area contributed by atoms with Gasteiger partial charge in [-0.25, -0.2) is 4.98 Å². The fourth-order valence-electron chi connectivity index (χ4n) is 4.16. The number of benzene rings is 1. The summed E-state index contributed by atoms with van der Waals surface area (Å²) in [7, 11) is 1.68. The Balaban J connectivity index is 1.57. The summed E-state index contributed by atoms with van der Waals surface area (Å²) in [5.74, 6) is 1.22. The Morgan fingerprint density at radius 1 is 1.22 bits per heavy atom. The smallest absolute Gasteiger partial charge is 0.252 e. The highest BCUT2D eigenvalue weighted by Gasteiger charge is 2.29. The molecule has 1 fully saturated rings. The van der Waals surface area contributed by atoms with Crippen LogP contribution < -0.4 is 20.3 Å². The third-order valence-corrected chi connectivity index (χ3v) is 5.63. The molecule has 142 valence electrons. The molecule has 0 spiro atoms. The summed E-state index contributed by atoms with van der Waals surface area (Å²) in [6, 6.07) is 10.3. The number of ether oxygens (including phenoxy) is 1. The van der Waals surface area contributed by atoms with Crippen LogP contribution in [0.25, 0.3) is 0 Å². The third-order valence-electron chi connectivity index (χ3n) is 5.63. The van der Waals surface area contributed by atoms with Crippen molar-refractivity contribution in [3.8, 4) is 5.75 Å². The van der Waals surface area contributed by atoms with E-state index in [1.54, 1.807) is 7.11 Å². The summed E-state index contributed by atoms with van der Waals surface area (Å²) in [6.45, 7) is 4.71. The van der Waals surface area contributed by atoms with Crippen LogP contribution in [0.15, 0.2) is 30.3 Å². The molecular formula is C21H26N4O2. The molecular weight excluding hydrogens is 340 g/mol. The molecule has 2 aliphatic rings. The van der Waals surface area contributed by atoms with Gasteiger partial charge in [0.15, 0.2) is 0 Å². The number of primary amides is 1. The van der Waals surface area contributed by atoms with Crippen molar-refractivity contribution in [1.82, 2.24) is 4.98 Å². The minimum atomic E-state index is -0.392. The molecule has 0 saturated carbocycles. The Kier molecular flexibility index (Phi) is 4.64. The number of hydrogen-bond acceptors (Lipinski definition) is 5.